The van der Waals surface area contributed by atoms with Gasteiger partial charge in [0.2, 0.25) is 0 Å². The van der Waals surface area contributed by atoms with Crippen molar-refractivity contribution < 1.29 is 31.3 Å². The van der Waals surface area contributed by atoms with Crippen LogP contribution in [0.15, 0.2) is 186 Å². The molecule has 0 saturated heterocycles. The first kappa shape index (κ1) is 48.6. The Balaban J connectivity index is 0.000000183. The second-order valence-electron chi connectivity index (χ2n) is 18.6. The Bertz CT molecular complexity index is 3230. The zero-order chi connectivity index (χ0) is 47.4. The van der Waals surface area contributed by atoms with Gasteiger partial charge in [-0.1, -0.05) is 138 Å². The van der Waals surface area contributed by atoms with E-state index in [9.17, 15) is 10.2 Å². The number of benzene rings is 8. The molecule has 0 unspecified atom stereocenters. The molecule has 10 aromatic rings. The first-order valence-corrected chi connectivity index (χ1v) is 24.2. The molecule has 346 valence electrons. The molecule has 0 spiro atoms. The smallest absolute Gasteiger partial charge is 0.126 e. The van der Waals surface area contributed by atoms with Crippen LogP contribution in [0.4, 0.5) is 11.4 Å². The van der Waals surface area contributed by atoms with E-state index in [1.807, 2.05) is 91.0 Å². The molecule has 10 rings (SSSR count). The maximum absolute atomic E-state index is 10.4. The predicted octanol–water partition coefficient (Wildman–Crippen LogP) is 16.6. The number of fused-ring (bicyclic) bond motifs is 2. The van der Waals surface area contributed by atoms with Crippen molar-refractivity contribution in [3.63, 3.8) is 0 Å². The van der Waals surface area contributed by atoms with Crippen molar-refractivity contribution in [3.05, 3.63) is 204 Å². The van der Waals surface area contributed by atoms with Crippen LogP contribution in [0, 0.1) is 6.07 Å². The van der Waals surface area contributed by atoms with Gasteiger partial charge in [0.25, 0.3) is 0 Å². The molecule has 9 heteroatoms. The Labute approximate surface area is 426 Å². The summed E-state index contributed by atoms with van der Waals surface area (Å²) in [6, 6.07) is 61.7. The van der Waals surface area contributed by atoms with E-state index in [0.717, 1.165) is 86.3 Å². The molecule has 0 radical (unpaired) electrons. The summed E-state index contributed by atoms with van der Waals surface area (Å²) in [6.07, 6.45) is 3.48. The summed E-state index contributed by atoms with van der Waals surface area (Å²) in [6.45, 7) is 12.9. The van der Waals surface area contributed by atoms with Crippen LogP contribution < -0.4 is 0 Å². The van der Waals surface area contributed by atoms with Gasteiger partial charge in [-0.2, -0.15) is 0 Å². The summed E-state index contributed by atoms with van der Waals surface area (Å²) in [5.74, 6) is 0.444. The van der Waals surface area contributed by atoms with E-state index in [1.165, 1.54) is 0 Å². The fourth-order valence-electron chi connectivity index (χ4n) is 7.82. The van der Waals surface area contributed by atoms with Crippen LogP contribution in [0.5, 0.6) is 11.5 Å². The van der Waals surface area contributed by atoms with Crippen LogP contribution in [0.1, 0.15) is 63.8 Å². The monoisotopic (exact) mass is 1120 g/mol. The molecule has 2 N–H and O–H groups in total. The average molecular weight is 1120 g/mol. The number of nitrogens with zero attached hydrogens (tertiary/aromatic N) is 4. The number of hydrogen-bond donors (Lipinski definition) is 2. The maximum Gasteiger partial charge on any atom is 0.126 e. The van der Waals surface area contributed by atoms with Gasteiger partial charge in [-0.25, -0.2) is 9.97 Å². The number of rotatable bonds is 8. The summed E-state index contributed by atoms with van der Waals surface area (Å²) < 4.78 is 2.27. The van der Waals surface area contributed by atoms with Crippen LogP contribution in [-0.4, -0.2) is 32.6 Å². The molecule has 8 aromatic carbocycles. The topological polar surface area (TPSA) is 91.0 Å². The number of thiazole rings is 2. The first-order chi connectivity index (χ1) is 32.8. The van der Waals surface area contributed by atoms with Crippen molar-refractivity contribution in [2.45, 2.75) is 52.4 Å². The van der Waals surface area contributed by atoms with Gasteiger partial charge in [0.1, 0.15) is 21.5 Å². The van der Waals surface area contributed by atoms with Gasteiger partial charge in [-0.15, -0.1) is 58.6 Å². The van der Waals surface area contributed by atoms with E-state index < -0.39 is 0 Å². The predicted molar refractivity (Wildman–Crippen MR) is 288 cm³/mol. The van der Waals surface area contributed by atoms with E-state index in [4.69, 9.17) is 20.0 Å². The second-order valence-corrected chi connectivity index (χ2v) is 20.6. The zero-order valence-electron chi connectivity index (χ0n) is 39.2. The normalized spacial score (nSPS) is 11.8. The number of aliphatic imine (C=N–C) groups is 2. The van der Waals surface area contributed by atoms with Crippen LogP contribution in [-0.2, 0) is 31.9 Å². The first-order valence-electron chi connectivity index (χ1n) is 22.6. The largest absolute Gasteiger partial charge is 0.507 e. The zero-order valence-corrected chi connectivity index (χ0v) is 43.1. The minimum absolute atomic E-state index is 0. The molecule has 0 saturated carbocycles. The van der Waals surface area contributed by atoms with Crippen molar-refractivity contribution in [3.8, 4) is 54.9 Å². The minimum atomic E-state index is -0.0108. The molecule has 0 bridgehead atoms. The molecule has 0 aliphatic rings. The third-order valence-corrected chi connectivity index (χ3v) is 13.8. The van der Waals surface area contributed by atoms with Crippen LogP contribution in [0.3, 0.4) is 0 Å². The van der Waals surface area contributed by atoms with Crippen LogP contribution in [0.25, 0.3) is 63.8 Å². The van der Waals surface area contributed by atoms with Gasteiger partial charge in [0.05, 0.1) is 21.6 Å². The molecule has 2 aromatic heterocycles. The fraction of sp³-hybridized carbons (Fsp3) is 0.133. The Morgan fingerprint density at radius 3 is 1.42 bits per heavy atom. The second kappa shape index (κ2) is 20.8. The molecule has 0 amide bonds. The molecule has 0 aliphatic carbocycles. The Kier molecular flexibility index (Phi) is 14.7. The molecule has 2 heterocycles. The third kappa shape index (κ3) is 11.1. The Hall–Kier alpha value is -6.83. The van der Waals surface area contributed by atoms with Gasteiger partial charge in [0.15, 0.2) is 0 Å². The summed E-state index contributed by atoms with van der Waals surface area (Å²) >= 11 is 3.33. The van der Waals surface area contributed by atoms with Gasteiger partial charge < -0.3 is 10.2 Å². The number of phenolic OH excluding ortho intramolecular Hbond substituents is 2. The molecular weight excluding hydrogens is 1070 g/mol. The van der Waals surface area contributed by atoms with Gasteiger partial charge in [-0.3, -0.25) is 9.98 Å². The molecule has 0 fully saturated rings. The van der Waals surface area contributed by atoms with E-state index >= 15 is 0 Å². The fourth-order valence-corrected chi connectivity index (χ4v) is 9.87. The Morgan fingerprint density at radius 1 is 0.478 bits per heavy atom. The van der Waals surface area contributed by atoms with E-state index in [0.29, 0.717) is 11.1 Å². The van der Waals surface area contributed by atoms with Gasteiger partial charge in [-0.05, 0) is 88.2 Å². The average Bonchev–Trinajstić information content (AvgIpc) is 3.99. The van der Waals surface area contributed by atoms with Gasteiger partial charge >= 0.3 is 0 Å². The summed E-state index contributed by atoms with van der Waals surface area (Å²) in [4.78, 5) is 19.6. The van der Waals surface area contributed by atoms with E-state index in [2.05, 4.69) is 120 Å². The van der Waals surface area contributed by atoms with Crippen molar-refractivity contribution in [1.29, 1.82) is 0 Å². The SMILES string of the molecule is CC(C)(C)c1ccc(O)c(C=Nc2ccccc2-c2nc3c(-c4[c-]cccc4)cccc3s2)c1.CC(C)(C)c1ccc(O)c(C=Nc2ccccc2-c2nc3c(-c4ccccc4)cccc3s2)c1.[Pt]. The number of para-hydroxylation sites is 4. The maximum atomic E-state index is 10.4. The number of hydrogen-bond acceptors (Lipinski definition) is 8. The van der Waals surface area contributed by atoms with Crippen molar-refractivity contribution in [2.75, 3.05) is 0 Å². The molecule has 0 atom stereocenters. The van der Waals surface area contributed by atoms with Gasteiger partial charge in [0, 0.05) is 71.5 Å². The number of aromatic nitrogens is 2. The van der Waals surface area contributed by atoms with Crippen LogP contribution in [0.2, 0.25) is 0 Å². The summed E-state index contributed by atoms with van der Waals surface area (Å²) in [7, 11) is 0. The quantitative estimate of drug-likeness (QED) is 0.117. The van der Waals surface area contributed by atoms with Crippen molar-refractivity contribution >= 4 is 66.9 Å². The molecule has 6 nitrogen and oxygen atoms in total. The van der Waals surface area contributed by atoms with E-state index in [-0.39, 0.29) is 43.4 Å². The number of phenols is 2. The third-order valence-electron chi connectivity index (χ3n) is 11.7. The summed E-state index contributed by atoms with van der Waals surface area (Å²) in [5.41, 5.74) is 13.6. The standard InChI is InChI=1S/C30H26N2OS.C30H25N2OS.Pt/c2*1-30(2,3)22-16-17-26(33)21(18-22)19-31-25-14-8-7-12-24(25)29-32-28-23(13-9-15-27(28)34-29)20-10-5-4-6-11-20;/h4-19,33H,1-3H3;4-10,12-19,33H,1-3H3;/q;-1;. The Morgan fingerprint density at radius 2 is 0.928 bits per heavy atom. The van der Waals surface area contributed by atoms with Crippen LogP contribution >= 0.6 is 22.7 Å². The minimum Gasteiger partial charge on any atom is -0.507 e. The van der Waals surface area contributed by atoms with E-state index in [1.54, 1.807) is 47.2 Å². The molecule has 69 heavy (non-hydrogen) atoms. The van der Waals surface area contributed by atoms with Crippen molar-refractivity contribution in [2.24, 2.45) is 9.98 Å². The summed E-state index contributed by atoms with van der Waals surface area (Å²) in [5, 5.41) is 22.6. The van der Waals surface area contributed by atoms with Crippen molar-refractivity contribution in [1.82, 2.24) is 9.97 Å². The molecule has 0 aliphatic heterocycles. The molecular formula is C60H51N4O2PtS2-. The number of aromatic hydroxyl groups is 2.